The van der Waals surface area contributed by atoms with Crippen LogP contribution < -0.4 is 10.6 Å². The number of rotatable bonds is 7. The number of hydrogen-bond acceptors (Lipinski definition) is 3. The van der Waals surface area contributed by atoms with Crippen LogP contribution in [0.4, 0.5) is 0 Å². The summed E-state index contributed by atoms with van der Waals surface area (Å²) in [5.41, 5.74) is -0.776. The minimum atomic E-state index is -1.29. The minimum absolute atomic E-state index is 0.0161. The van der Waals surface area contributed by atoms with E-state index >= 15 is 0 Å². The van der Waals surface area contributed by atoms with Gasteiger partial charge in [-0.25, -0.2) is 4.79 Å². The van der Waals surface area contributed by atoms with Crippen LogP contribution in [0.5, 0.6) is 0 Å². The summed E-state index contributed by atoms with van der Waals surface area (Å²) in [7, 11) is 0. The van der Waals surface area contributed by atoms with Crippen LogP contribution in [0.2, 0.25) is 0 Å². The lowest BCUT2D eigenvalue weighted by atomic mass is 9.99. The van der Waals surface area contributed by atoms with Crippen LogP contribution in [0.15, 0.2) is 42.5 Å². The minimum Gasteiger partial charge on any atom is -0.480 e. The molecule has 1 atom stereocenters. The van der Waals surface area contributed by atoms with E-state index in [4.69, 9.17) is 5.11 Å². The van der Waals surface area contributed by atoms with E-state index in [2.05, 4.69) is 10.6 Å². The molecule has 0 spiro atoms. The summed E-state index contributed by atoms with van der Waals surface area (Å²) in [6.07, 6.45) is 0.291. The van der Waals surface area contributed by atoms with E-state index in [9.17, 15) is 14.4 Å². The number of benzene rings is 2. The number of aliphatic carboxylic acids is 1. The van der Waals surface area contributed by atoms with Crippen molar-refractivity contribution in [1.82, 2.24) is 10.6 Å². The zero-order valence-electron chi connectivity index (χ0n) is 14.3. The maximum Gasteiger partial charge on any atom is 0.329 e. The van der Waals surface area contributed by atoms with Gasteiger partial charge in [0, 0.05) is 18.5 Å². The van der Waals surface area contributed by atoms with E-state index in [1.54, 1.807) is 19.1 Å². The molecule has 2 amide bonds. The first-order valence-electron chi connectivity index (χ1n) is 8.17. The third-order valence-corrected chi connectivity index (χ3v) is 4.24. The summed E-state index contributed by atoms with van der Waals surface area (Å²) >= 11 is 0. The van der Waals surface area contributed by atoms with Gasteiger partial charge in [-0.05, 0) is 36.2 Å². The summed E-state index contributed by atoms with van der Waals surface area (Å²) in [6, 6.07) is 13.1. The lowest BCUT2D eigenvalue weighted by molar-refractivity contribution is -0.147. The van der Waals surface area contributed by atoms with Gasteiger partial charge >= 0.3 is 5.97 Å². The second-order valence-corrected chi connectivity index (χ2v) is 6.11. The van der Waals surface area contributed by atoms with Gasteiger partial charge in [-0.1, -0.05) is 37.3 Å². The van der Waals surface area contributed by atoms with Gasteiger partial charge in [0.2, 0.25) is 5.91 Å². The van der Waals surface area contributed by atoms with Crippen molar-refractivity contribution in [2.24, 2.45) is 0 Å². The largest absolute Gasteiger partial charge is 0.480 e. The molecule has 1 unspecified atom stereocenters. The Kier molecular flexibility index (Phi) is 5.75. The van der Waals surface area contributed by atoms with E-state index in [0.717, 1.165) is 10.8 Å². The highest BCUT2D eigenvalue weighted by atomic mass is 16.4. The molecular formula is C19H22N2O4. The summed E-state index contributed by atoms with van der Waals surface area (Å²) < 4.78 is 0. The Labute approximate surface area is 146 Å². The Morgan fingerprint density at radius 2 is 1.76 bits per heavy atom. The highest BCUT2D eigenvalue weighted by molar-refractivity contribution is 5.98. The van der Waals surface area contributed by atoms with E-state index in [-0.39, 0.29) is 25.3 Å². The fourth-order valence-electron chi connectivity index (χ4n) is 2.39. The molecule has 0 heterocycles. The number of carboxylic acids is 1. The van der Waals surface area contributed by atoms with E-state index < -0.39 is 17.4 Å². The quantitative estimate of drug-likeness (QED) is 0.719. The van der Waals surface area contributed by atoms with E-state index in [1.807, 2.05) is 30.3 Å². The number of nitrogens with one attached hydrogen (secondary N) is 2. The van der Waals surface area contributed by atoms with Crippen molar-refractivity contribution >= 4 is 28.6 Å². The number of amides is 2. The van der Waals surface area contributed by atoms with Crippen molar-refractivity contribution in [2.45, 2.75) is 32.2 Å². The highest BCUT2D eigenvalue weighted by Crippen LogP contribution is 2.15. The normalized spacial score (nSPS) is 13.0. The molecule has 6 nitrogen and oxygen atoms in total. The summed E-state index contributed by atoms with van der Waals surface area (Å²) in [6.45, 7) is 3.29. The Morgan fingerprint density at radius 1 is 1.08 bits per heavy atom. The topological polar surface area (TPSA) is 95.5 Å². The van der Waals surface area contributed by atoms with Crippen molar-refractivity contribution in [3.63, 3.8) is 0 Å². The standard InChI is InChI=1S/C19H22N2O4/c1-3-19(2,18(24)25)21-16(22)10-11-20-17(23)15-9-8-13-6-4-5-7-14(13)12-15/h4-9,12H,3,10-11H2,1-2H3,(H,20,23)(H,21,22)(H,24,25). The van der Waals surface area contributed by atoms with Crippen LogP contribution in [0.25, 0.3) is 10.8 Å². The zero-order chi connectivity index (χ0) is 18.4. The van der Waals surface area contributed by atoms with Gasteiger partial charge in [0.05, 0.1) is 0 Å². The molecule has 0 aliphatic rings. The fraction of sp³-hybridized carbons (Fsp3) is 0.316. The molecule has 0 radical (unpaired) electrons. The van der Waals surface area contributed by atoms with Crippen LogP contribution in [0.1, 0.15) is 37.0 Å². The number of carbonyl (C=O) groups excluding carboxylic acids is 2. The van der Waals surface area contributed by atoms with Crippen molar-refractivity contribution in [2.75, 3.05) is 6.54 Å². The third kappa shape index (κ3) is 4.56. The first-order valence-corrected chi connectivity index (χ1v) is 8.17. The molecule has 3 N–H and O–H groups in total. The van der Waals surface area contributed by atoms with Gasteiger partial charge in [0.15, 0.2) is 0 Å². The molecule has 2 aromatic carbocycles. The Hall–Kier alpha value is -2.89. The van der Waals surface area contributed by atoms with Crippen LogP contribution in [-0.2, 0) is 9.59 Å². The first kappa shape index (κ1) is 18.4. The Balaban J connectivity index is 1.89. The smallest absolute Gasteiger partial charge is 0.329 e. The second kappa shape index (κ2) is 7.79. The van der Waals surface area contributed by atoms with Crippen LogP contribution >= 0.6 is 0 Å². The molecule has 25 heavy (non-hydrogen) atoms. The number of fused-ring (bicyclic) bond motifs is 1. The number of hydrogen-bond donors (Lipinski definition) is 3. The number of carbonyl (C=O) groups is 3. The van der Waals surface area contributed by atoms with Gasteiger partial charge < -0.3 is 15.7 Å². The number of carboxylic acid groups (broad SMARTS) is 1. The van der Waals surface area contributed by atoms with Crippen LogP contribution in [0, 0.1) is 0 Å². The van der Waals surface area contributed by atoms with Crippen LogP contribution in [-0.4, -0.2) is 35.0 Å². The fourth-order valence-corrected chi connectivity index (χ4v) is 2.39. The van der Waals surface area contributed by atoms with Crippen molar-refractivity contribution in [3.8, 4) is 0 Å². The molecule has 0 aliphatic heterocycles. The van der Waals surface area contributed by atoms with Gasteiger partial charge in [-0.3, -0.25) is 9.59 Å². The highest BCUT2D eigenvalue weighted by Gasteiger charge is 2.32. The molecule has 0 aromatic heterocycles. The van der Waals surface area contributed by atoms with Gasteiger partial charge in [0.1, 0.15) is 5.54 Å². The Morgan fingerprint density at radius 3 is 2.40 bits per heavy atom. The molecule has 0 fully saturated rings. The SMILES string of the molecule is CCC(C)(NC(=O)CCNC(=O)c1ccc2ccccc2c1)C(=O)O. The second-order valence-electron chi connectivity index (χ2n) is 6.11. The summed E-state index contributed by atoms with van der Waals surface area (Å²) in [4.78, 5) is 35.2. The van der Waals surface area contributed by atoms with E-state index in [0.29, 0.717) is 5.56 Å². The molecule has 0 aliphatic carbocycles. The monoisotopic (exact) mass is 342 g/mol. The van der Waals surface area contributed by atoms with E-state index in [1.165, 1.54) is 6.92 Å². The molecule has 0 saturated carbocycles. The maximum atomic E-state index is 12.2. The average molecular weight is 342 g/mol. The molecule has 6 heteroatoms. The molecule has 2 aromatic rings. The molecule has 0 saturated heterocycles. The average Bonchev–Trinajstić information content (AvgIpc) is 2.60. The lowest BCUT2D eigenvalue weighted by Gasteiger charge is -2.24. The van der Waals surface area contributed by atoms with Crippen molar-refractivity contribution < 1.29 is 19.5 Å². The van der Waals surface area contributed by atoms with Gasteiger partial charge in [-0.2, -0.15) is 0 Å². The van der Waals surface area contributed by atoms with Gasteiger partial charge in [-0.15, -0.1) is 0 Å². The van der Waals surface area contributed by atoms with Gasteiger partial charge in [0.25, 0.3) is 5.91 Å². The third-order valence-electron chi connectivity index (χ3n) is 4.24. The molecular weight excluding hydrogens is 320 g/mol. The first-order chi connectivity index (χ1) is 11.9. The molecule has 132 valence electrons. The predicted molar refractivity (Wildman–Crippen MR) is 95.4 cm³/mol. The maximum absolute atomic E-state index is 12.2. The van der Waals surface area contributed by atoms with Crippen LogP contribution in [0.3, 0.4) is 0 Å². The molecule has 0 bridgehead atoms. The summed E-state index contributed by atoms with van der Waals surface area (Å²) in [5, 5.41) is 16.3. The summed E-state index contributed by atoms with van der Waals surface area (Å²) in [5.74, 6) is -1.76. The molecule has 2 rings (SSSR count). The lowest BCUT2D eigenvalue weighted by Crippen LogP contribution is -2.52. The predicted octanol–water partition coefficient (Wildman–Crippen LogP) is 2.33. The van der Waals surface area contributed by atoms with Crippen molar-refractivity contribution in [3.05, 3.63) is 48.0 Å². The Bertz CT molecular complexity index is 803. The zero-order valence-corrected chi connectivity index (χ0v) is 14.3. The van der Waals surface area contributed by atoms with Crippen molar-refractivity contribution in [1.29, 1.82) is 0 Å².